The molecule has 1 aromatic rings. The molecule has 1 heterocycles. The minimum atomic E-state index is -0.490. The Kier molecular flexibility index (Phi) is 7.59. The summed E-state index contributed by atoms with van der Waals surface area (Å²) in [6.45, 7) is 8.26. The molecule has 0 spiro atoms. The first-order chi connectivity index (χ1) is 11.5. The monoisotopic (exact) mass is 351 g/mol. The average molecular weight is 352 g/mol. The van der Waals surface area contributed by atoms with Crippen molar-refractivity contribution in [3.8, 4) is 0 Å². The van der Waals surface area contributed by atoms with Crippen molar-refractivity contribution < 1.29 is 14.3 Å². The first-order valence-corrected chi connectivity index (χ1v) is 9.84. The summed E-state index contributed by atoms with van der Waals surface area (Å²) >= 11 is 1.63. The van der Waals surface area contributed by atoms with Crippen LogP contribution in [0.1, 0.15) is 45.6 Å². The molecule has 0 saturated carbocycles. The van der Waals surface area contributed by atoms with Gasteiger partial charge in [0.15, 0.2) is 6.29 Å². The number of anilines is 1. The molecule has 3 atom stereocenters. The predicted molar refractivity (Wildman–Crippen MR) is 100 cm³/mol. The smallest absolute Gasteiger partial charge is 0.242 e. The number of ether oxygens (including phenoxy) is 2. The fraction of sp³-hybridized carbons (Fsp3) is 0.632. The number of unbranched alkanes of at least 4 members (excludes halogenated alkanes) is 1. The van der Waals surface area contributed by atoms with E-state index in [2.05, 4.69) is 12.2 Å². The van der Waals surface area contributed by atoms with Gasteiger partial charge in [0.2, 0.25) is 5.91 Å². The number of benzene rings is 1. The number of nitrogens with one attached hydrogen (secondary N) is 1. The molecule has 1 amide bonds. The van der Waals surface area contributed by atoms with Gasteiger partial charge in [-0.15, -0.1) is 11.8 Å². The number of rotatable bonds is 7. The molecule has 1 aliphatic rings. The summed E-state index contributed by atoms with van der Waals surface area (Å²) in [7, 11) is 0. The van der Waals surface area contributed by atoms with Gasteiger partial charge in [-0.3, -0.25) is 4.79 Å². The van der Waals surface area contributed by atoms with Gasteiger partial charge in [0.05, 0.1) is 12.2 Å². The molecule has 134 valence electrons. The van der Waals surface area contributed by atoms with Crippen molar-refractivity contribution in [3.05, 3.63) is 29.8 Å². The summed E-state index contributed by atoms with van der Waals surface area (Å²) in [4.78, 5) is 12.8. The second-order valence-electron chi connectivity index (χ2n) is 6.50. The Morgan fingerprint density at radius 1 is 1.25 bits per heavy atom. The Morgan fingerprint density at radius 3 is 2.46 bits per heavy atom. The van der Waals surface area contributed by atoms with E-state index in [9.17, 15) is 4.79 Å². The number of aryl methyl sites for hydroxylation is 1. The van der Waals surface area contributed by atoms with Crippen LogP contribution >= 0.6 is 11.8 Å². The maximum atomic E-state index is 12.8. The molecule has 2 rings (SSSR count). The summed E-state index contributed by atoms with van der Waals surface area (Å²) in [5.41, 5.74) is 1.98. The van der Waals surface area contributed by atoms with Gasteiger partial charge in [0.1, 0.15) is 5.25 Å². The van der Waals surface area contributed by atoms with E-state index in [1.54, 1.807) is 11.8 Å². The summed E-state index contributed by atoms with van der Waals surface area (Å²) in [6.07, 6.45) is 2.79. The van der Waals surface area contributed by atoms with E-state index in [1.807, 2.05) is 45.0 Å². The molecule has 1 N–H and O–H groups in total. The summed E-state index contributed by atoms with van der Waals surface area (Å²) in [5.74, 6) is 0.875. The lowest BCUT2D eigenvalue weighted by Gasteiger charge is -2.36. The molecule has 1 saturated heterocycles. The lowest BCUT2D eigenvalue weighted by atomic mass is 10.1. The molecular formula is C19H29NO3S. The zero-order chi connectivity index (χ0) is 17.5. The molecule has 4 nitrogen and oxygen atoms in total. The van der Waals surface area contributed by atoms with Crippen LogP contribution in [0.2, 0.25) is 0 Å². The van der Waals surface area contributed by atoms with Crippen molar-refractivity contribution in [1.82, 2.24) is 0 Å². The van der Waals surface area contributed by atoms with E-state index in [-0.39, 0.29) is 23.4 Å². The zero-order valence-electron chi connectivity index (χ0n) is 15.1. The minimum Gasteiger partial charge on any atom is -0.348 e. The maximum absolute atomic E-state index is 12.8. The number of carbonyl (C=O) groups is 1. The predicted octanol–water partition coefficient (Wildman–Crippen LogP) is 4.38. The maximum Gasteiger partial charge on any atom is 0.242 e. The van der Waals surface area contributed by atoms with Gasteiger partial charge in [0, 0.05) is 5.69 Å². The molecule has 0 bridgehead atoms. The van der Waals surface area contributed by atoms with Gasteiger partial charge in [-0.25, -0.2) is 0 Å². The quantitative estimate of drug-likeness (QED) is 0.741. The van der Waals surface area contributed by atoms with Gasteiger partial charge in [-0.2, -0.15) is 0 Å². The van der Waals surface area contributed by atoms with Crippen molar-refractivity contribution in [3.63, 3.8) is 0 Å². The van der Waals surface area contributed by atoms with E-state index in [1.165, 1.54) is 5.56 Å². The number of hydrogen-bond acceptors (Lipinski definition) is 4. The Morgan fingerprint density at radius 2 is 1.88 bits per heavy atom. The van der Waals surface area contributed by atoms with Crippen LogP contribution in [0.3, 0.4) is 0 Å². The first kappa shape index (κ1) is 19.3. The highest BCUT2D eigenvalue weighted by molar-refractivity contribution is 8.00. The van der Waals surface area contributed by atoms with Crippen LogP contribution in [0.25, 0.3) is 0 Å². The second kappa shape index (κ2) is 9.44. The highest BCUT2D eigenvalue weighted by Crippen LogP contribution is 2.28. The Hall–Kier alpha value is -1.04. The third kappa shape index (κ3) is 5.80. The van der Waals surface area contributed by atoms with Crippen molar-refractivity contribution in [1.29, 1.82) is 0 Å². The number of thioether (sulfide) groups is 1. The lowest BCUT2D eigenvalue weighted by Crippen LogP contribution is -2.46. The van der Waals surface area contributed by atoms with Crippen molar-refractivity contribution >= 4 is 23.4 Å². The van der Waals surface area contributed by atoms with Crippen LogP contribution < -0.4 is 5.32 Å². The van der Waals surface area contributed by atoms with Gasteiger partial charge in [-0.05, 0) is 51.5 Å². The molecule has 0 aromatic heterocycles. The summed E-state index contributed by atoms with van der Waals surface area (Å²) in [5, 5.41) is 2.65. The van der Waals surface area contributed by atoms with Crippen LogP contribution in [0.4, 0.5) is 5.69 Å². The summed E-state index contributed by atoms with van der Waals surface area (Å²) in [6, 6.07) is 7.84. The number of hydrogen-bond donors (Lipinski definition) is 1. The first-order valence-electron chi connectivity index (χ1n) is 8.79. The van der Waals surface area contributed by atoms with Crippen molar-refractivity contribution in [2.45, 2.75) is 70.7 Å². The van der Waals surface area contributed by atoms with E-state index >= 15 is 0 Å². The van der Waals surface area contributed by atoms with Crippen molar-refractivity contribution in [2.24, 2.45) is 0 Å². The van der Waals surface area contributed by atoms with Crippen LogP contribution in [0.15, 0.2) is 24.3 Å². The Balaban J connectivity index is 2.05. The topological polar surface area (TPSA) is 47.6 Å². The van der Waals surface area contributed by atoms with E-state index in [0.29, 0.717) is 0 Å². The largest absolute Gasteiger partial charge is 0.348 e. The molecule has 5 heteroatoms. The molecule has 1 unspecified atom stereocenters. The summed E-state index contributed by atoms with van der Waals surface area (Å²) < 4.78 is 11.8. The fourth-order valence-corrected chi connectivity index (χ4v) is 3.90. The third-order valence-electron chi connectivity index (χ3n) is 4.02. The molecule has 24 heavy (non-hydrogen) atoms. The van der Waals surface area contributed by atoms with Gasteiger partial charge in [-0.1, -0.05) is 31.0 Å². The zero-order valence-corrected chi connectivity index (χ0v) is 15.9. The van der Waals surface area contributed by atoms with E-state index in [4.69, 9.17) is 9.47 Å². The van der Waals surface area contributed by atoms with E-state index < -0.39 is 6.29 Å². The van der Waals surface area contributed by atoms with Crippen molar-refractivity contribution in [2.75, 3.05) is 11.1 Å². The number of amides is 1. The Bertz CT molecular complexity index is 510. The molecule has 0 radical (unpaired) electrons. The Labute approximate surface area is 149 Å². The van der Waals surface area contributed by atoms with Gasteiger partial charge >= 0.3 is 0 Å². The lowest BCUT2D eigenvalue weighted by molar-refractivity contribution is -0.231. The number of carbonyl (C=O) groups excluding carboxylic acids is 1. The second-order valence-corrected chi connectivity index (χ2v) is 7.75. The van der Waals surface area contributed by atoms with Crippen LogP contribution in [-0.2, 0) is 14.3 Å². The molecule has 1 aromatic carbocycles. The van der Waals surface area contributed by atoms with E-state index in [0.717, 1.165) is 30.7 Å². The van der Waals surface area contributed by atoms with Crippen LogP contribution in [-0.4, -0.2) is 35.4 Å². The molecular weight excluding hydrogens is 322 g/mol. The third-order valence-corrected chi connectivity index (χ3v) is 5.34. The van der Waals surface area contributed by atoms with Crippen LogP contribution in [0.5, 0.6) is 0 Å². The fourth-order valence-electron chi connectivity index (χ4n) is 2.69. The SMILES string of the molecule is CCCCSC(C(=O)Nc1ccc(C)cc1)C1O[C@H](C)C[C@@H](C)O1. The molecule has 1 aliphatic heterocycles. The highest BCUT2D eigenvalue weighted by Gasteiger charge is 2.36. The highest BCUT2D eigenvalue weighted by atomic mass is 32.2. The molecule has 0 aliphatic carbocycles. The average Bonchev–Trinajstić information content (AvgIpc) is 2.52. The van der Waals surface area contributed by atoms with Gasteiger partial charge < -0.3 is 14.8 Å². The molecule has 1 fully saturated rings. The normalized spacial score (nSPS) is 25.2. The van der Waals surface area contributed by atoms with Crippen LogP contribution in [0, 0.1) is 6.92 Å². The standard InChI is InChI=1S/C19H29NO3S/c1-5-6-11-24-17(19-22-14(3)12-15(4)23-19)18(21)20-16-9-7-13(2)8-10-16/h7-10,14-15,17,19H,5-6,11-12H2,1-4H3,(H,20,21)/t14-,15-,17?/m1/s1. The van der Waals surface area contributed by atoms with Gasteiger partial charge in [0.25, 0.3) is 0 Å². The minimum absolute atomic E-state index is 0.0498.